The van der Waals surface area contributed by atoms with Gasteiger partial charge < -0.3 is 10.1 Å². The fourth-order valence-electron chi connectivity index (χ4n) is 3.67. The average Bonchev–Trinajstić information content (AvgIpc) is 2.68. The van der Waals surface area contributed by atoms with Gasteiger partial charge in [-0.15, -0.1) is 0 Å². The lowest BCUT2D eigenvalue weighted by Gasteiger charge is -2.24. The van der Waals surface area contributed by atoms with Gasteiger partial charge in [0.05, 0.1) is 29.7 Å². The van der Waals surface area contributed by atoms with Crippen molar-refractivity contribution in [2.24, 2.45) is 0 Å². The average molecular weight is 377 g/mol. The number of benzene rings is 2. The zero-order valence-corrected chi connectivity index (χ0v) is 15.7. The molecular weight excluding hydrogens is 357 g/mol. The first-order valence-electron chi connectivity index (χ1n) is 9.11. The van der Waals surface area contributed by atoms with E-state index in [4.69, 9.17) is 4.74 Å². The number of ketones is 1. The van der Waals surface area contributed by atoms with Crippen molar-refractivity contribution >= 4 is 17.4 Å². The lowest BCUT2D eigenvalue weighted by Crippen LogP contribution is -2.22. The summed E-state index contributed by atoms with van der Waals surface area (Å²) in [5.74, 6) is 0.828. The summed E-state index contributed by atoms with van der Waals surface area (Å²) < 4.78 is 18.6. The van der Waals surface area contributed by atoms with Gasteiger partial charge >= 0.3 is 0 Å². The molecule has 1 atom stereocenters. The number of aromatic nitrogens is 2. The second-order valence-electron chi connectivity index (χ2n) is 6.86. The first kappa shape index (κ1) is 18.1. The highest BCUT2D eigenvalue weighted by Gasteiger charge is 2.30. The van der Waals surface area contributed by atoms with Crippen molar-refractivity contribution in [3.05, 3.63) is 76.9 Å². The Morgan fingerprint density at radius 1 is 1.07 bits per heavy atom. The topological polar surface area (TPSA) is 64.1 Å². The van der Waals surface area contributed by atoms with Crippen LogP contribution in [-0.2, 0) is 6.42 Å². The Kier molecular flexibility index (Phi) is 4.77. The van der Waals surface area contributed by atoms with Gasteiger partial charge in [-0.05, 0) is 49.1 Å². The van der Waals surface area contributed by atoms with E-state index < -0.39 is 0 Å². The predicted molar refractivity (Wildman–Crippen MR) is 105 cm³/mol. The molecule has 142 valence electrons. The van der Waals surface area contributed by atoms with Crippen LogP contribution >= 0.6 is 0 Å². The van der Waals surface area contributed by atoms with Crippen LogP contribution in [0.5, 0.6) is 5.75 Å². The Morgan fingerprint density at radius 3 is 2.57 bits per heavy atom. The van der Waals surface area contributed by atoms with Crippen molar-refractivity contribution in [3.63, 3.8) is 0 Å². The summed E-state index contributed by atoms with van der Waals surface area (Å²) in [6.45, 7) is 1.82. The van der Waals surface area contributed by atoms with Crippen molar-refractivity contribution in [2.75, 3.05) is 12.4 Å². The normalized spacial score (nSPS) is 15.8. The smallest absolute Gasteiger partial charge is 0.227 e. The first-order chi connectivity index (χ1) is 13.5. The molecule has 5 nitrogen and oxygen atoms in total. The van der Waals surface area contributed by atoms with Gasteiger partial charge in [-0.2, -0.15) is 0 Å². The Balaban J connectivity index is 1.67. The Morgan fingerprint density at radius 2 is 1.82 bits per heavy atom. The number of halogens is 1. The molecule has 0 amide bonds. The molecule has 1 N–H and O–H groups in total. The summed E-state index contributed by atoms with van der Waals surface area (Å²) in [6.07, 6.45) is 0.985. The molecule has 0 spiro atoms. The van der Waals surface area contributed by atoms with Crippen LogP contribution in [0.3, 0.4) is 0 Å². The molecule has 0 radical (unpaired) electrons. The number of rotatable bonds is 4. The van der Waals surface area contributed by atoms with Gasteiger partial charge in [0, 0.05) is 6.42 Å². The lowest BCUT2D eigenvalue weighted by atomic mass is 9.81. The maximum absolute atomic E-state index is 13.2. The molecule has 0 saturated heterocycles. The second kappa shape index (κ2) is 7.38. The Hall–Kier alpha value is -3.28. The van der Waals surface area contributed by atoms with Crippen molar-refractivity contribution in [2.45, 2.75) is 25.7 Å². The third kappa shape index (κ3) is 3.45. The highest BCUT2D eigenvalue weighted by atomic mass is 19.1. The van der Waals surface area contributed by atoms with E-state index in [1.165, 1.54) is 12.1 Å². The van der Waals surface area contributed by atoms with Crippen molar-refractivity contribution in [1.82, 2.24) is 9.97 Å². The van der Waals surface area contributed by atoms with Crippen LogP contribution in [0.15, 0.2) is 48.5 Å². The Labute approximate surface area is 162 Å². The summed E-state index contributed by atoms with van der Waals surface area (Å²) in [5.41, 5.74) is 3.67. The fraction of sp³-hybridized carbons (Fsp3) is 0.227. The molecule has 4 rings (SSSR count). The zero-order valence-electron chi connectivity index (χ0n) is 15.7. The summed E-state index contributed by atoms with van der Waals surface area (Å²) >= 11 is 0. The minimum Gasteiger partial charge on any atom is -0.495 e. The van der Waals surface area contributed by atoms with Crippen LogP contribution in [-0.4, -0.2) is 22.9 Å². The van der Waals surface area contributed by atoms with Crippen LogP contribution in [0.2, 0.25) is 0 Å². The summed E-state index contributed by atoms with van der Waals surface area (Å²) in [6, 6.07) is 13.8. The molecule has 28 heavy (non-hydrogen) atoms. The van der Waals surface area contributed by atoms with Crippen LogP contribution < -0.4 is 10.1 Å². The highest BCUT2D eigenvalue weighted by Crippen LogP contribution is 2.34. The van der Waals surface area contributed by atoms with E-state index in [-0.39, 0.29) is 17.5 Å². The number of carbonyl (C=O) groups excluding carboxylic acids is 1. The number of nitrogens with zero attached hydrogens (tertiary/aromatic N) is 2. The number of para-hydroxylation sites is 2. The van der Waals surface area contributed by atoms with Crippen LogP contribution in [0.25, 0.3) is 0 Å². The second-order valence-corrected chi connectivity index (χ2v) is 6.86. The molecule has 6 heteroatoms. The highest BCUT2D eigenvalue weighted by molar-refractivity contribution is 5.99. The number of hydrogen-bond donors (Lipinski definition) is 1. The number of fused-ring (bicyclic) bond motifs is 1. The summed E-state index contributed by atoms with van der Waals surface area (Å²) in [7, 11) is 1.60. The van der Waals surface area contributed by atoms with E-state index in [0.29, 0.717) is 35.8 Å². The number of hydrogen-bond acceptors (Lipinski definition) is 5. The zero-order chi connectivity index (χ0) is 19.7. The number of carbonyl (C=O) groups is 1. The molecule has 1 heterocycles. The van der Waals surface area contributed by atoms with Gasteiger partial charge in [0.15, 0.2) is 5.78 Å². The van der Waals surface area contributed by atoms with Gasteiger partial charge in [0.1, 0.15) is 11.6 Å². The monoisotopic (exact) mass is 377 g/mol. The van der Waals surface area contributed by atoms with Crippen molar-refractivity contribution in [3.8, 4) is 5.75 Å². The first-order valence-corrected chi connectivity index (χ1v) is 9.11. The minimum absolute atomic E-state index is 0.0194. The maximum Gasteiger partial charge on any atom is 0.227 e. The van der Waals surface area contributed by atoms with E-state index in [2.05, 4.69) is 15.3 Å². The number of anilines is 2. The number of Topliss-reactive ketones (excluding diaryl/α,β-unsaturated/α-hetero) is 1. The summed E-state index contributed by atoms with van der Waals surface area (Å²) in [5, 5.41) is 3.18. The van der Waals surface area contributed by atoms with Gasteiger partial charge in [0.25, 0.3) is 0 Å². The molecule has 3 aromatic rings. The van der Waals surface area contributed by atoms with Gasteiger partial charge in [-0.3, -0.25) is 4.79 Å². The third-order valence-electron chi connectivity index (χ3n) is 5.01. The molecule has 1 aliphatic rings. The summed E-state index contributed by atoms with van der Waals surface area (Å²) in [4.78, 5) is 21.8. The largest absolute Gasteiger partial charge is 0.495 e. The van der Waals surface area contributed by atoms with E-state index in [1.807, 2.05) is 31.2 Å². The van der Waals surface area contributed by atoms with Crippen molar-refractivity contribution < 1.29 is 13.9 Å². The number of methoxy groups -OCH3 is 1. The molecule has 0 saturated carbocycles. The number of ether oxygens (including phenoxy) is 1. The van der Waals surface area contributed by atoms with E-state index >= 15 is 0 Å². The SMILES string of the molecule is COc1ccccc1Nc1nc(C)c2c(n1)C[C@@H](c1ccc(F)cc1)CC2=O. The lowest BCUT2D eigenvalue weighted by molar-refractivity contribution is 0.0962. The molecular formula is C22H20FN3O2. The van der Waals surface area contributed by atoms with Crippen LogP contribution in [0.4, 0.5) is 16.0 Å². The molecule has 0 aliphatic heterocycles. The van der Waals surface area contributed by atoms with Gasteiger partial charge in [-0.25, -0.2) is 14.4 Å². The van der Waals surface area contributed by atoms with E-state index in [1.54, 1.807) is 19.2 Å². The molecule has 0 bridgehead atoms. The minimum atomic E-state index is -0.284. The van der Waals surface area contributed by atoms with Crippen LogP contribution in [0, 0.1) is 12.7 Å². The van der Waals surface area contributed by atoms with Crippen molar-refractivity contribution in [1.29, 1.82) is 0 Å². The standard InChI is InChI=1S/C22H20FN3O2/c1-13-21-18(11-15(12-19(21)27)14-7-9-16(23)10-8-14)26-22(24-13)25-17-5-3-4-6-20(17)28-2/h3-10,15H,11-12H2,1-2H3,(H,24,25,26)/t15-/m1/s1. The van der Waals surface area contributed by atoms with Crippen LogP contribution in [0.1, 0.15) is 39.6 Å². The quantitative estimate of drug-likeness (QED) is 0.720. The molecule has 2 aromatic carbocycles. The molecule has 0 fully saturated rings. The van der Waals surface area contributed by atoms with Gasteiger partial charge in [0.2, 0.25) is 5.95 Å². The molecule has 1 aromatic heterocycles. The van der Waals surface area contributed by atoms with Gasteiger partial charge in [-0.1, -0.05) is 24.3 Å². The van der Waals surface area contributed by atoms with E-state index in [9.17, 15) is 9.18 Å². The third-order valence-corrected chi connectivity index (χ3v) is 5.01. The number of aryl methyl sites for hydroxylation is 1. The predicted octanol–water partition coefficient (Wildman–Crippen LogP) is 4.59. The van der Waals surface area contributed by atoms with E-state index in [0.717, 1.165) is 16.9 Å². The molecule has 0 unspecified atom stereocenters. The molecule has 1 aliphatic carbocycles. The Bertz CT molecular complexity index is 1030. The maximum atomic E-state index is 13.2. The number of nitrogens with one attached hydrogen (secondary N) is 1. The fourth-order valence-corrected chi connectivity index (χ4v) is 3.67.